The van der Waals surface area contributed by atoms with Crippen molar-refractivity contribution in [2.75, 3.05) is 15.4 Å². The number of amides is 2. The Morgan fingerprint density at radius 3 is 2.38 bits per heavy atom. The van der Waals surface area contributed by atoms with Gasteiger partial charge in [0.2, 0.25) is 0 Å². The number of benzene rings is 3. The standard InChI is InChI=1S/C24H22N4O3S/c1-16-13-18-7-6-10-22(23(18)25-15-16)32(30,31)28-21-14-20(12-11-17(21)2)27-24(29)26-19-8-4-3-5-9-19/h3-15,28H,1-2H3,(H2,26,27,29). The topological polar surface area (TPSA) is 100 Å². The summed E-state index contributed by atoms with van der Waals surface area (Å²) in [4.78, 5) is 16.7. The molecule has 0 aliphatic carbocycles. The van der Waals surface area contributed by atoms with Gasteiger partial charge in [0.1, 0.15) is 4.90 Å². The lowest BCUT2D eigenvalue weighted by molar-refractivity contribution is 0.262. The SMILES string of the molecule is Cc1cnc2c(S(=O)(=O)Nc3cc(NC(=O)Nc4ccccc4)ccc3C)cccc2c1. The second-order valence-electron chi connectivity index (χ2n) is 7.42. The molecule has 162 valence electrons. The van der Waals surface area contributed by atoms with Gasteiger partial charge in [-0.05, 0) is 61.4 Å². The van der Waals surface area contributed by atoms with Crippen LogP contribution < -0.4 is 15.4 Å². The lowest BCUT2D eigenvalue weighted by Gasteiger charge is -2.14. The summed E-state index contributed by atoms with van der Waals surface area (Å²) in [5, 5.41) is 6.20. The molecule has 0 radical (unpaired) electrons. The molecule has 0 atom stereocenters. The lowest BCUT2D eigenvalue weighted by Crippen LogP contribution is -2.20. The summed E-state index contributed by atoms with van der Waals surface area (Å²) >= 11 is 0. The number of fused-ring (bicyclic) bond motifs is 1. The Kier molecular flexibility index (Phi) is 5.79. The average Bonchev–Trinajstić information content (AvgIpc) is 2.76. The highest BCUT2D eigenvalue weighted by Crippen LogP contribution is 2.27. The van der Waals surface area contributed by atoms with Crippen molar-refractivity contribution in [3.8, 4) is 0 Å². The molecule has 0 aliphatic heterocycles. The molecule has 3 aromatic carbocycles. The summed E-state index contributed by atoms with van der Waals surface area (Å²) in [5.41, 5.74) is 3.53. The van der Waals surface area contributed by atoms with E-state index in [4.69, 9.17) is 0 Å². The maximum atomic E-state index is 13.2. The molecular formula is C24H22N4O3S. The Labute approximate surface area is 186 Å². The molecule has 0 aliphatic rings. The van der Waals surface area contributed by atoms with Crippen molar-refractivity contribution in [3.05, 3.63) is 90.1 Å². The molecule has 32 heavy (non-hydrogen) atoms. The fourth-order valence-electron chi connectivity index (χ4n) is 3.28. The lowest BCUT2D eigenvalue weighted by atomic mass is 10.2. The predicted octanol–water partition coefficient (Wildman–Crippen LogP) is 5.30. The van der Waals surface area contributed by atoms with Crippen LogP contribution in [0.4, 0.5) is 21.9 Å². The molecule has 0 unspecified atom stereocenters. The summed E-state index contributed by atoms with van der Waals surface area (Å²) in [6.45, 7) is 3.69. The zero-order valence-electron chi connectivity index (χ0n) is 17.6. The summed E-state index contributed by atoms with van der Waals surface area (Å²) in [6, 6.07) is 20.6. The van der Waals surface area contributed by atoms with Crippen LogP contribution in [0.25, 0.3) is 10.9 Å². The molecule has 0 fully saturated rings. The van der Waals surface area contributed by atoms with Gasteiger partial charge in [0.05, 0.1) is 11.2 Å². The van der Waals surface area contributed by atoms with Crippen molar-refractivity contribution in [3.63, 3.8) is 0 Å². The maximum Gasteiger partial charge on any atom is 0.323 e. The van der Waals surface area contributed by atoms with Crippen LogP contribution in [0.1, 0.15) is 11.1 Å². The number of nitrogens with zero attached hydrogens (tertiary/aromatic N) is 1. The first-order valence-corrected chi connectivity index (χ1v) is 11.4. The van der Waals surface area contributed by atoms with Crippen molar-refractivity contribution in [2.45, 2.75) is 18.7 Å². The quantitative estimate of drug-likeness (QED) is 0.387. The first-order valence-electron chi connectivity index (χ1n) is 9.94. The summed E-state index contributed by atoms with van der Waals surface area (Å²) in [6.07, 6.45) is 1.64. The molecule has 4 aromatic rings. The summed E-state index contributed by atoms with van der Waals surface area (Å²) in [5.74, 6) is 0. The first-order chi connectivity index (χ1) is 15.3. The molecule has 1 heterocycles. The Bertz CT molecular complexity index is 1400. The van der Waals surface area contributed by atoms with E-state index in [9.17, 15) is 13.2 Å². The van der Waals surface area contributed by atoms with Gasteiger partial charge in [0.15, 0.2) is 0 Å². The number of nitrogens with one attached hydrogen (secondary N) is 3. The number of urea groups is 1. The molecule has 0 saturated carbocycles. The summed E-state index contributed by atoms with van der Waals surface area (Å²) < 4.78 is 29.0. The zero-order valence-corrected chi connectivity index (χ0v) is 18.4. The number of pyridine rings is 1. The second kappa shape index (κ2) is 8.68. The van der Waals surface area contributed by atoms with Gasteiger partial charge < -0.3 is 10.6 Å². The van der Waals surface area contributed by atoms with E-state index >= 15 is 0 Å². The van der Waals surface area contributed by atoms with Gasteiger partial charge in [0, 0.05) is 23.0 Å². The van der Waals surface area contributed by atoms with Gasteiger partial charge in [0.25, 0.3) is 10.0 Å². The predicted molar refractivity (Wildman–Crippen MR) is 128 cm³/mol. The van der Waals surface area contributed by atoms with E-state index in [0.29, 0.717) is 28.1 Å². The van der Waals surface area contributed by atoms with E-state index in [2.05, 4.69) is 20.3 Å². The fourth-order valence-corrected chi connectivity index (χ4v) is 4.59. The highest BCUT2D eigenvalue weighted by molar-refractivity contribution is 7.93. The van der Waals surface area contributed by atoms with Crippen molar-refractivity contribution >= 4 is 44.0 Å². The van der Waals surface area contributed by atoms with Crippen LogP contribution in [0.5, 0.6) is 0 Å². The molecule has 8 heteroatoms. The number of aromatic nitrogens is 1. The van der Waals surface area contributed by atoms with E-state index in [1.807, 2.05) is 37.3 Å². The number of hydrogen-bond acceptors (Lipinski definition) is 4. The molecule has 2 amide bonds. The molecule has 7 nitrogen and oxygen atoms in total. The van der Waals surface area contributed by atoms with Crippen molar-refractivity contribution in [1.29, 1.82) is 0 Å². The van der Waals surface area contributed by atoms with Gasteiger partial charge in [-0.15, -0.1) is 0 Å². The largest absolute Gasteiger partial charge is 0.323 e. The van der Waals surface area contributed by atoms with Crippen molar-refractivity contribution in [1.82, 2.24) is 4.98 Å². The third kappa shape index (κ3) is 4.70. The Morgan fingerprint density at radius 2 is 1.59 bits per heavy atom. The van der Waals surface area contributed by atoms with Crippen LogP contribution in [0, 0.1) is 13.8 Å². The number of aryl methyl sites for hydroxylation is 2. The minimum absolute atomic E-state index is 0.0922. The Hall–Kier alpha value is -3.91. The smallest absolute Gasteiger partial charge is 0.308 e. The average molecular weight is 447 g/mol. The van der Waals surface area contributed by atoms with Crippen molar-refractivity contribution in [2.24, 2.45) is 0 Å². The van der Waals surface area contributed by atoms with Crippen LogP contribution in [-0.2, 0) is 10.0 Å². The van der Waals surface area contributed by atoms with E-state index in [1.165, 1.54) is 6.07 Å². The van der Waals surface area contributed by atoms with Crippen LogP contribution >= 0.6 is 0 Å². The Balaban J connectivity index is 1.58. The normalized spacial score (nSPS) is 11.2. The van der Waals surface area contributed by atoms with Gasteiger partial charge in [-0.3, -0.25) is 9.71 Å². The van der Waals surface area contributed by atoms with Crippen LogP contribution in [0.15, 0.2) is 83.9 Å². The molecule has 4 rings (SSSR count). The van der Waals surface area contributed by atoms with Gasteiger partial charge in [-0.1, -0.05) is 36.4 Å². The number of carbonyl (C=O) groups excluding carboxylic acids is 1. The number of para-hydroxylation sites is 2. The highest BCUT2D eigenvalue weighted by Gasteiger charge is 2.19. The third-order valence-corrected chi connectivity index (χ3v) is 6.27. The highest BCUT2D eigenvalue weighted by atomic mass is 32.2. The van der Waals surface area contributed by atoms with Crippen LogP contribution in [0.3, 0.4) is 0 Å². The van der Waals surface area contributed by atoms with Gasteiger partial charge in [-0.25, -0.2) is 13.2 Å². The molecule has 0 bridgehead atoms. The molecular weight excluding hydrogens is 424 g/mol. The van der Waals surface area contributed by atoms with Gasteiger partial charge >= 0.3 is 6.03 Å². The Morgan fingerprint density at radius 1 is 0.844 bits per heavy atom. The van der Waals surface area contributed by atoms with E-state index in [-0.39, 0.29) is 4.90 Å². The monoisotopic (exact) mass is 446 g/mol. The van der Waals surface area contributed by atoms with E-state index in [0.717, 1.165) is 10.9 Å². The summed E-state index contributed by atoms with van der Waals surface area (Å²) in [7, 11) is -3.91. The van der Waals surface area contributed by atoms with Crippen molar-refractivity contribution < 1.29 is 13.2 Å². The fraction of sp³-hybridized carbons (Fsp3) is 0.0833. The van der Waals surface area contributed by atoms with E-state index < -0.39 is 16.1 Å². The van der Waals surface area contributed by atoms with Gasteiger partial charge in [-0.2, -0.15) is 0 Å². The van der Waals surface area contributed by atoms with E-state index in [1.54, 1.807) is 49.5 Å². The molecule has 0 saturated heterocycles. The number of carbonyl (C=O) groups is 1. The molecule has 0 spiro atoms. The number of hydrogen-bond donors (Lipinski definition) is 3. The zero-order chi connectivity index (χ0) is 22.7. The number of anilines is 3. The first kappa shape index (κ1) is 21.3. The number of rotatable bonds is 5. The minimum Gasteiger partial charge on any atom is -0.308 e. The van der Waals surface area contributed by atoms with Crippen LogP contribution in [0.2, 0.25) is 0 Å². The molecule has 3 N–H and O–H groups in total. The minimum atomic E-state index is -3.91. The third-order valence-electron chi connectivity index (χ3n) is 4.87. The van der Waals surface area contributed by atoms with Crippen LogP contribution in [-0.4, -0.2) is 19.4 Å². The maximum absolute atomic E-state index is 13.2. The molecule has 1 aromatic heterocycles. The second-order valence-corrected chi connectivity index (χ2v) is 9.07. The number of sulfonamides is 1.